The Morgan fingerprint density at radius 1 is 1.26 bits per heavy atom. The zero-order valence-electron chi connectivity index (χ0n) is 11.3. The van der Waals surface area contributed by atoms with Crippen LogP contribution >= 0.6 is 11.6 Å². The molecule has 104 valence electrons. The molecular formula is C14H21ClN4. The van der Waals surface area contributed by atoms with E-state index in [0.717, 1.165) is 30.9 Å². The lowest BCUT2D eigenvalue weighted by Crippen LogP contribution is -2.48. The summed E-state index contributed by atoms with van der Waals surface area (Å²) in [5.74, 6) is 0. The van der Waals surface area contributed by atoms with Crippen molar-refractivity contribution in [2.75, 3.05) is 6.54 Å². The Morgan fingerprint density at radius 2 is 2.00 bits per heavy atom. The lowest BCUT2D eigenvalue weighted by molar-refractivity contribution is 0.139. The average molecular weight is 281 g/mol. The lowest BCUT2D eigenvalue weighted by Gasteiger charge is -2.37. The normalized spacial score (nSPS) is 29.9. The second-order valence-electron chi connectivity index (χ2n) is 5.66. The number of aromatic nitrogens is 2. The zero-order chi connectivity index (χ0) is 13.2. The van der Waals surface area contributed by atoms with Crippen LogP contribution in [0.5, 0.6) is 0 Å². The van der Waals surface area contributed by atoms with E-state index >= 15 is 0 Å². The smallest absolute Gasteiger partial charge is 0.147 e. The van der Waals surface area contributed by atoms with Crippen LogP contribution in [0.4, 0.5) is 0 Å². The van der Waals surface area contributed by atoms with Crippen LogP contribution in [0, 0.1) is 0 Å². The van der Waals surface area contributed by atoms with Crippen molar-refractivity contribution in [1.82, 2.24) is 20.2 Å². The Morgan fingerprint density at radius 3 is 2.58 bits per heavy atom. The van der Waals surface area contributed by atoms with Gasteiger partial charge in [-0.05, 0) is 32.2 Å². The first kappa shape index (κ1) is 13.3. The van der Waals surface area contributed by atoms with E-state index < -0.39 is 0 Å². The molecule has 4 nitrogen and oxygen atoms in total. The number of piperidine rings is 1. The van der Waals surface area contributed by atoms with Crippen molar-refractivity contribution in [3.8, 4) is 0 Å². The Hall–Kier alpha value is -0.710. The maximum Gasteiger partial charge on any atom is 0.147 e. The number of nitrogens with one attached hydrogen (secondary N) is 1. The summed E-state index contributed by atoms with van der Waals surface area (Å²) in [5.41, 5.74) is 1.01. The van der Waals surface area contributed by atoms with Gasteiger partial charge in [0, 0.05) is 24.7 Å². The van der Waals surface area contributed by atoms with E-state index in [1.807, 2.05) is 0 Å². The third-order valence-corrected chi connectivity index (χ3v) is 4.60. The molecule has 0 spiro atoms. The molecule has 1 aromatic heterocycles. The molecule has 2 atom stereocenters. The summed E-state index contributed by atoms with van der Waals surface area (Å²) >= 11 is 5.78. The van der Waals surface area contributed by atoms with E-state index in [0.29, 0.717) is 11.2 Å². The Kier molecular flexibility index (Phi) is 4.01. The Balaban J connectivity index is 1.65. The zero-order valence-corrected chi connectivity index (χ0v) is 12.1. The maximum absolute atomic E-state index is 5.78. The van der Waals surface area contributed by atoms with E-state index in [1.54, 1.807) is 12.4 Å². The standard InChI is InChI=1S/C14H21ClN4/c1-2-19(9-12-7-17-14(15)8-16-12)13-5-10-3-4-11(6-13)18-10/h7-8,10-11,13,18H,2-6,9H2,1H3. The molecular weight excluding hydrogens is 260 g/mol. The molecule has 3 heterocycles. The first-order valence-corrected chi connectivity index (χ1v) is 7.59. The van der Waals surface area contributed by atoms with E-state index in [-0.39, 0.29) is 0 Å². The highest BCUT2D eigenvalue weighted by Gasteiger charge is 2.35. The summed E-state index contributed by atoms with van der Waals surface area (Å²) in [6, 6.07) is 2.14. The van der Waals surface area contributed by atoms with Crippen molar-refractivity contribution >= 4 is 11.6 Å². The van der Waals surface area contributed by atoms with Crippen molar-refractivity contribution in [3.05, 3.63) is 23.2 Å². The molecule has 0 radical (unpaired) electrons. The molecule has 2 unspecified atom stereocenters. The molecule has 1 aromatic rings. The lowest BCUT2D eigenvalue weighted by atomic mass is 9.98. The highest BCUT2D eigenvalue weighted by molar-refractivity contribution is 6.29. The van der Waals surface area contributed by atoms with Gasteiger partial charge in [0.25, 0.3) is 0 Å². The van der Waals surface area contributed by atoms with Gasteiger partial charge in [0.1, 0.15) is 5.15 Å². The second-order valence-corrected chi connectivity index (χ2v) is 6.04. The number of nitrogens with zero attached hydrogens (tertiary/aromatic N) is 3. The van der Waals surface area contributed by atoms with Crippen LogP contribution in [0.25, 0.3) is 0 Å². The molecule has 2 bridgehead atoms. The van der Waals surface area contributed by atoms with Crippen LogP contribution in [0.15, 0.2) is 12.4 Å². The van der Waals surface area contributed by atoms with E-state index in [4.69, 9.17) is 11.6 Å². The fourth-order valence-corrected chi connectivity index (χ4v) is 3.55. The molecule has 2 aliphatic rings. The summed E-state index contributed by atoms with van der Waals surface area (Å²) in [6.45, 7) is 4.17. The molecule has 19 heavy (non-hydrogen) atoms. The molecule has 5 heteroatoms. The maximum atomic E-state index is 5.78. The SMILES string of the molecule is CCN(Cc1cnc(Cl)cn1)C1CC2CCC(C1)N2. The summed E-state index contributed by atoms with van der Waals surface area (Å²) < 4.78 is 0. The van der Waals surface area contributed by atoms with Gasteiger partial charge in [-0.2, -0.15) is 0 Å². The number of halogens is 1. The fraction of sp³-hybridized carbons (Fsp3) is 0.714. The van der Waals surface area contributed by atoms with E-state index in [1.165, 1.54) is 25.7 Å². The van der Waals surface area contributed by atoms with E-state index in [9.17, 15) is 0 Å². The first-order chi connectivity index (χ1) is 9.24. The van der Waals surface area contributed by atoms with Crippen molar-refractivity contribution in [3.63, 3.8) is 0 Å². The van der Waals surface area contributed by atoms with Crippen molar-refractivity contribution < 1.29 is 0 Å². The first-order valence-electron chi connectivity index (χ1n) is 7.21. The monoisotopic (exact) mass is 280 g/mol. The molecule has 2 aliphatic heterocycles. The third-order valence-electron chi connectivity index (χ3n) is 4.41. The minimum absolute atomic E-state index is 0.465. The van der Waals surface area contributed by atoms with Gasteiger partial charge in [0.15, 0.2) is 0 Å². The summed E-state index contributed by atoms with van der Waals surface area (Å²) in [6.07, 6.45) is 8.66. The summed E-state index contributed by atoms with van der Waals surface area (Å²) in [5, 5.41) is 4.16. The molecule has 2 saturated heterocycles. The van der Waals surface area contributed by atoms with Gasteiger partial charge in [-0.3, -0.25) is 9.88 Å². The third kappa shape index (κ3) is 3.07. The van der Waals surface area contributed by atoms with Crippen LogP contribution in [0.1, 0.15) is 38.3 Å². The summed E-state index contributed by atoms with van der Waals surface area (Å²) in [4.78, 5) is 11.0. The van der Waals surface area contributed by atoms with Crippen LogP contribution < -0.4 is 5.32 Å². The average Bonchev–Trinajstić information content (AvgIpc) is 2.77. The second kappa shape index (κ2) is 5.73. The van der Waals surface area contributed by atoms with Crippen LogP contribution in [-0.2, 0) is 6.54 Å². The van der Waals surface area contributed by atoms with Gasteiger partial charge < -0.3 is 5.32 Å². The number of hydrogen-bond donors (Lipinski definition) is 1. The Labute approximate surface area is 119 Å². The van der Waals surface area contributed by atoms with Crippen LogP contribution in [-0.4, -0.2) is 39.5 Å². The minimum Gasteiger partial charge on any atom is -0.311 e. The molecule has 0 saturated carbocycles. The topological polar surface area (TPSA) is 41.1 Å². The van der Waals surface area contributed by atoms with E-state index in [2.05, 4.69) is 27.1 Å². The van der Waals surface area contributed by atoms with Crippen molar-refractivity contribution in [2.24, 2.45) is 0 Å². The van der Waals surface area contributed by atoms with Gasteiger partial charge in [0.2, 0.25) is 0 Å². The van der Waals surface area contributed by atoms with Crippen molar-refractivity contribution in [1.29, 1.82) is 0 Å². The van der Waals surface area contributed by atoms with Crippen molar-refractivity contribution in [2.45, 2.75) is 57.3 Å². The van der Waals surface area contributed by atoms with Crippen LogP contribution in [0.2, 0.25) is 5.15 Å². The number of rotatable bonds is 4. The van der Waals surface area contributed by atoms with Gasteiger partial charge in [0.05, 0.1) is 18.1 Å². The molecule has 0 aromatic carbocycles. The van der Waals surface area contributed by atoms with Gasteiger partial charge >= 0.3 is 0 Å². The van der Waals surface area contributed by atoms with Gasteiger partial charge in [-0.25, -0.2) is 4.98 Å². The quantitative estimate of drug-likeness (QED) is 0.918. The summed E-state index contributed by atoms with van der Waals surface area (Å²) in [7, 11) is 0. The molecule has 3 rings (SSSR count). The largest absolute Gasteiger partial charge is 0.311 e. The molecule has 0 amide bonds. The predicted molar refractivity (Wildman–Crippen MR) is 76.1 cm³/mol. The minimum atomic E-state index is 0.465. The Bertz CT molecular complexity index is 410. The predicted octanol–water partition coefficient (Wildman–Crippen LogP) is 2.23. The highest BCUT2D eigenvalue weighted by Crippen LogP contribution is 2.30. The number of fused-ring (bicyclic) bond motifs is 2. The molecule has 0 aliphatic carbocycles. The van der Waals surface area contributed by atoms with Crippen LogP contribution in [0.3, 0.4) is 0 Å². The number of hydrogen-bond acceptors (Lipinski definition) is 4. The molecule has 1 N–H and O–H groups in total. The highest BCUT2D eigenvalue weighted by atomic mass is 35.5. The van der Waals surface area contributed by atoms with Gasteiger partial charge in [-0.1, -0.05) is 18.5 Å². The fourth-order valence-electron chi connectivity index (χ4n) is 3.45. The van der Waals surface area contributed by atoms with Gasteiger partial charge in [-0.15, -0.1) is 0 Å². The molecule has 2 fully saturated rings.